The van der Waals surface area contributed by atoms with E-state index in [-0.39, 0.29) is 19.0 Å². The largest absolute Gasteiger partial charge is 0.442 e. The highest BCUT2D eigenvalue weighted by molar-refractivity contribution is 7.09. The Morgan fingerprint density at radius 1 is 1.57 bits per heavy atom. The molecule has 3 rings (SSSR count). The standard InChI is InChI=1S/C14H13FN4O3S/c1-8(20)16-5-10-6-19(14(21)22-10)9-2-3-11(12(15)4-9)13-17-7-18-23-13/h2-4,7,10H,5-6H2,1H3,(H,16,20)/t10-/m0/s1. The first-order valence-electron chi connectivity index (χ1n) is 6.84. The Morgan fingerprint density at radius 2 is 2.39 bits per heavy atom. The number of cyclic esters (lactones) is 1. The SMILES string of the molecule is CC(=O)NC[C@H]1CN(c2ccc(-c3ncns3)c(F)c2)C(=O)O1. The molecule has 1 aromatic carbocycles. The smallest absolute Gasteiger partial charge is 0.414 e. The van der Waals surface area contributed by atoms with Gasteiger partial charge in [-0.05, 0) is 29.7 Å². The normalized spacial score (nSPS) is 17.2. The van der Waals surface area contributed by atoms with Crippen LogP contribution in [-0.2, 0) is 9.53 Å². The van der Waals surface area contributed by atoms with Crippen molar-refractivity contribution in [3.05, 3.63) is 30.3 Å². The number of hydrogen-bond acceptors (Lipinski definition) is 6. The van der Waals surface area contributed by atoms with Crippen LogP contribution in [0.1, 0.15) is 6.92 Å². The van der Waals surface area contributed by atoms with Gasteiger partial charge in [0, 0.05) is 12.5 Å². The van der Waals surface area contributed by atoms with Crippen molar-refractivity contribution in [3.8, 4) is 10.6 Å². The number of ether oxygens (including phenoxy) is 1. The van der Waals surface area contributed by atoms with Gasteiger partial charge in [0.15, 0.2) is 0 Å². The van der Waals surface area contributed by atoms with E-state index in [0.717, 1.165) is 11.5 Å². The summed E-state index contributed by atoms with van der Waals surface area (Å²) in [5.41, 5.74) is 0.727. The van der Waals surface area contributed by atoms with Crippen LogP contribution in [0.25, 0.3) is 10.6 Å². The number of carbonyl (C=O) groups excluding carboxylic acids is 2. The van der Waals surface area contributed by atoms with E-state index in [1.807, 2.05) is 0 Å². The molecule has 0 bridgehead atoms. The molecular formula is C14H13FN4O3S. The summed E-state index contributed by atoms with van der Waals surface area (Å²) in [5, 5.41) is 3.06. The van der Waals surface area contributed by atoms with Gasteiger partial charge in [0.2, 0.25) is 5.91 Å². The molecule has 0 spiro atoms. The Balaban J connectivity index is 1.76. The number of carbonyl (C=O) groups is 2. The van der Waals surface area contributed by atoms with Crippen LogP contribution in [0.15, 0.2) is 24.5 Å². The van der Waals surface area contributed by atoms with E-state index in [0.29, 0.717) is 16.3 Å². The van der Waals surface area contributed by atoms with Gasteiger partial charge in [-0.15, -0.1) is 0 Å². The van der Waals surface area contributed by atoms with Gasteiger partial charge < -0.3 is 10.1 Å². The van der Waals surface area contributed by atoms with E-state index in [4.69, 9.17) is 4.74 Å². The number of anilines is 1. The zero-order valence-electron chi connectivity index (χ0n) is 12.2. The second-order valence-electron chi connectivity index (χ2n) is 4.96. The summed E-state index contributed by atoms with van der Waals surface area (Å²) >= 11 is 1.09. The summed E-state index contributed by atoms with van der Waals surface area (Å²) < 4.78 is 23.2. The maximum atomic E-state index is 14.2. The summed E-state index contributed by atoms with van der Waals surface area (Å²) in [6, 6.07) is 4.44. The van der Waals surface area contributed by atoms with Gasteiger partial charge in [-0.1, -0.05) is 0 Å². The molecule has 1 aliphatic heterocycles. The summed E-state index contributed by atoms with van der Waals surface area (Å²) in [6.45, 7) is 1.86. The summed E-state index contributed by atoms with van der Waals surface area (Å²) in [7, 11) is 0. The number of nitrogens with zero attached hydrogens (tertiary/aromatic N) is 3. The molecule has 1 saturated heterocycles. The van der Waals surface area contributed by atoms with Gasteiger partial charge in [-0.2, -0.15) is 4.37 Å². The third kappa shape index (κ3) is 3.29. The number of nitrogens with one attached hydrogen (secondary N) is 1. The number of amides is 2. The molecule has 2 heterocycles. The lowest BCUT2D eigenvalue weighted by Gasteiger charge is -2.14. The minimum Gasteiger partial charge on any atom is -0.442 e. The van der Waals surface area contributed by atoms with Crippen LogP contribution >= 0.6 is 11.5 Å². The monoisotopic (exact) mass is 336 g/mol. The summed E-state index contributed by atoms with van der Waals surface area (Å²) in [5.74, 6) is -0.690. The van der Waals surface area contributed by atoms with Gasteiger partial charge in [0.1, 0.15) is 23.3 Å². The number of hydrogen-bond donors (Lipinski definition) is 1. The molecule has 0 saturated carbocycles. The van der Waals surface area contributed by atoms with Crippen LogP contribution in [-0.4, -0.2) is 40.6 Å². The summed E-state index contributed by atoms with van der Waals surface area (Å²) in [6.07, 6.45) is 0.332. The van der Waals surface area contributed by atoms with Crippen molar-refractivity contribution in [3.63, 3.8) is 0 Å². The molecule has 1 aliphatic rings. The number of rotatable bonds is 4. The average molecular weight is 336 g/mol. The van der Waals surface area contributed by atoms with E-state index < -0.39 is 18.0 Å². The van der Waals surface area contributed by atoms with Crippen molar-refractivity contribution >= 4 is 29.2 Å². The minimum atomic E-state index is -0.566. The maximum Gasteiger partial charge on any atom is 0.414 e. The van der Waals surface area contributed by atoms with Gasteiger partial charge in [0.25, 0.3) is 0 Å². The molecule has 120 valence electrons. The second-order valence-corrected chi connectivity index (χ2v) is 5.74. The Morgan fingerprint density at radius 3 is 3.04 bits per heavy atom. The number of halogens is 1. The minimum absolute atomic E-state index is 0.202. The van der Waals surface area contributed by atoms with Crippen LogP contribution < -0.4 is 10.2 Å². The molecular weight excluding hydrogens is 323 g/mol. The maximum absolute atomic E-state index is 14.2. The van der Waals surface area contributed by atoms with Gasteiger partial charge in [-0.3, -0.25) is 9.69 Å². The van der Waals surface area contributed by atoms with Crippen molar-refractivity contribution in [1.82, 2.24) is 14.7 Å². The highest BCUT2D eigenvalue weighted by Gasteiger charge is 2.32. The first-order valence-corrected chi connectivity index (χ1v) is 7.61. The Labute approximate surface area is 135 Å². The topological polar surface area (TPSA) is 84.4 Å². The van der Waals surface area contributed by atoms with Crippen LogP contribution in [0.4, 0.5) is 14.9 Å². The molecule has 7 nitrogen and oxygen atoms in total. The fourth-order valence-electron chi connectivity index (χ4n) is 2.23. The third-order valence-corrected chi connectivity index (χ3v) is 4.01. The fourth-order valence-corrected chi connectivity index (χ4v) is 2.79. The lowest BCUT2D eigenvalue weighted by molar-refractivity contribution is -0.119. The molecule has 1 N–H and O–H groups in total. The fraction of sp³-hybridized carbons (Fsp3) is 0.286. The third-order valence-electron chi connectivity index (χ3n) is 3.31. The quantitative estimate of drug-likeness (QED) is 0.920. The van der Waals surface area contributed by atoms with Crippen molar-refractivity contribution in [2.75, 3.05) is 18.0 Å². The lowest BCUT2D eigenvalue weighted by atomic mass is 10.2. The Hall–Kier alpha value is -2.55. The lowest BCUT2D eigenvalue weighted by Crippen LogP contribution is -2.33. The Kier molecular flexibility index (Phi) is 4.20. The highest BCUT2D eigenvalue weighted by atomic mass is 32.1. The van der Waals surface area contributed by atoms with Gasteiger partial charge in [0.05, 0.1) is 18.8 Å². The van der Waals surface area contributed by atoms with E-state index in [1.54, 1.807) is 12.1 Å². The van der Waals surface area contributed by atoms with Crippen LogP contribution in [0.3, 0.4) is 0 Å². The molecule has 1 fully saturated rings. The van der Waals surface area contributed by atoms with Crippen LogP contribution in [0, 0.1) is 5.82 Å². The molecule has 0 aliphatic carbocycles. The van der Waals surface area contributed by atoms with E-state index >= 15 is 0 Å². The molecule has 2 amide bonds. The van der Waals surface area contributed by atoms with Crippen LogP contribution in [0.5, 0.6) is 0 Å². The molecule has 1 aromatic heterocycles. The molecule has 0 radical (unpaired) electrons. The predicted molar refractivity (Wildman–Crippen MR) is 81.6 cm³/mol. The Bertz CT molecular complexity index is 738. The first kappa shape index (κ1) is 15.3. The van der Waals surface area contributed by atoms with Crippen molar-refractivity contribution in [1.29, 1.82) is 0 Å². The molecule has 23 heavy (non-hydrogen) atoms. The average Bonchev–Trinajstić information content (AvgIpc) is 3.14. The molecule has 2 aromatic rings. The zero-order chi connectivity index (χ0) is 16.4. The van der Waals surface area contributed by atoms with Gasteiger partial charge >= 0.3 is 6.09 Å². The van der Waals surface area contributed by atoms with E-state index in [2.05, 4.69) is 14.7 Å². The second kappa shape index (κ2) is 6.29. The van der Waals surface area contributed by atoms with Crippen LogP contribution in [0.2, 0.25) is 0 Å². The number of benzene rings is 1. The summed E-state index contributed by atoms with van der Waals surface area (Å²) in [4.78, 5) is 28.1. The first-order chi connectivity index (χ1) is 11.0. The molecule has 0 unspecified atom stereocenters. The van der Waals surface area contributed by atoms with Crippen molar-refractivity contribution in [2.45, 2.75) is 13.0 Å². The molecule has 1 atom stereocenters. The van der Waals surface area contributed by atoms with E-state index in [1.165, 1.54) is 24.2 Å². The van der Waals surface area contributed by atoms with Crippen molar-refractivity contribution < 1.29 is 18.7 Å². The highest BCUT2D eigenvalue weighted by Crippen LogP contribution is 2.29. The molecule has 9 heteroatoms. The van der Waals surface area contributed by atoms with Crippen molar-refractivity contribution in [2.24, 2.45) is 0 Å². The predicted octanol–water partition coefficient (Wildman–Crippen LogP) is 1.81. The van der Waals surface area contributed by atoms with E-state index in [9.17, 15) is 14.0 Å². The number of aromatic nitrogens is 2. The zero-order valence-corrected chi connectivity index (χ0v) is 13.0. The van der Waals surface area contributed by atoms with Gasteiger partial charge in [-0.25, -0.2) is 14.2 Å².